The third kappa shape index (κ3) is 8.70. The van der Waals surface area contributed by atoms with Crippen LogP contribution in [-0.4, -0.2) is 126 Å². The van der Waals surface area contributed by atoms with Gasteiger partial charge in [0.05, 0.1) is 13.2 Å². The number of hydrogen-bond acceptors (Lipinski definition) is 12. The molecule has 0 aliphatic carbocycles. The van der Waals surface area contributed by atoms with E-state index in [1.807, 2.05) is 0 Å². The maximum atomic E-state index is 9.90. The van der Waals surface area contributed by atoms with Gasteiger partial charge in [0.2, 0.25) is 0 Å². The van der Waals surface area contributed by atoms with E-state index in [0.29, 0.717) is 0 Å². The van der Waals surface area contributed by atoms with E-state index in [0.717, 1.165) is 0 Å². The van der Waals surface area contributed by atoms with E-state index in [9.17, 15) is 9.59 Å². The molecule has 0 aromatic heterocycles. The van der Waals surface area contributed by atoms with Crippen molar-refractivity contribution in [2.75, 3.05) is 13.2 Å². The van der Waals surface area contributed by atoms with Gasteiger partial charge in [-0.25, -0.2) is 0 Å². The molecule has 0 saturated carbocycles. The predicted octanol–water partition coefficient (Wildman–Crippen LogP) is -6.76. The highest BCUT2D eigenvalue weighted by Gasteiger charge is 2.30. The fourth-order valence-corrected chi connectivity index (χ4v) is 1.24. The first-order valence-electron chi connectivity index (χ1n) is 6.65. The van der Waals surface area contributed by atoms with Gasteiger partial charge < -0.3 is 60.7 Å². The van der Waals surface area contributed by atoms with Crippen molar-refractivity contribution in [2.45, 2.75) is 48.8 Å². The molecule has 0 heterocycles. The average Bonchev–Trinajstić information content (AvgIpc) is 2.62. The van der Waals surface area contributed by atoms with Gasteiger partial charge in [-0.05, 0) is 0 Å². The van der Waals surface area contributed by atoms with Crippen molar-refractivity contribution in [2.24, 2.45) is 0 Å². The molecule has 12 heteroatoms. The number of aliphatic hydroxyl groups excluding tert-OH is 10. The maximum Gasteiger partial charge on any atom is 0.151 e. The van der Waals surface area contributed by atoms with Crippen molar-refractivity contribution < 1.29 is 60.7 Å². The minimum atomic E-state index is -1.79. The number of carbonyl (C=O) groups is 2. The number of carbonyl (C=O) groups excluding carboxylic acids is 2. The molecule has 10 N–H and O–H groups in total. The van der Waals surface area contributed by atoms with E-state index >= 15 is 0 Å². The zero-order valence-corrected chi connectivity index (χ0v) is 12.5. The fourth-order valence-electron chi connectivity index (χ4n) is 1.24. The third-order valence-corrected chi connectivity index (χ3v) is 2.84. The Labute approximate surface area is 136 Å². The fraction of sp³-hybridized carbons (Fsp3) is 0.833. The first-order chi connectivity index (χ1) is 11.1. The molecule has 0 bridgehead atoms. The van der Waals surface area contributed by atoms with Crippen molar-refractivity contribution in [1.82, 2.24) is 0 Å². The molecule has 0 aromatic carbocycles. The molecule has 8 atom stereocenters. The summed E-state index contributed by atoms with van der Waals surface area (Å²) in [6, 6.07) is 0. The summed E-state index contributed by atoms with van der Waals surface area (Å²) >= 11 is 0. The summed E-state index contributed by atoms with van der Waals surface area (Å²) in [4.78, 5) is 19.8. The molecule has 24 heavy (non-hydrogen) atoms. The van der Waals surface area contributed by atoms with Crippen molar-refractivity contribution in [3.63, 3.8) is 0 Å². The van der Waals surface area contributed by atoms with Gasteiger partial charge in [0.1, 0.15) is 48.8 Å². The van der Waals surface area contributed by atoms with Gasteiger partial charge in [0, 0.05) is 0 Å². The molecule has 0 spiro atoms. The van der Waals surface area contributed by atoms with Crippen LogP contribution in [0.3, 0.4) is 0 Å². The Morgan fingerprint density at radius 1 is 0.542 bits per heavy atom. The summed E-state index contributed by atoms with van der Waals surface area (Å²) in [7, 11) is 0. The van der Waals surface area contributed by atoms with Crippen LogP contribution in [-0.2, 0) is 9.59 Å². The van der Waals surface area contributed by atoms with Gasteiger partial charge >= 0.3 is 0 Å². The molecule has 0 rings (SSSR count). The predicted molar refractivity (Wildman–Crippen MR) is 74.4 cm³/mol. The maximum absolute atomic E-state index is 9.90. The van der Waals surface area contributed by atoms with Crippen LogP contribution in [0.5, 0.6) is 0 Å². The Morgan fingerprint density at radius 2 is 0.792 bits per heavy atom. The molecule has 12 nitrogen and oxygen atoms in total. The van der Waals surface area contributed by atoms with E-state index in [4.69, 9.17) is 51.1 Å². The van der Waals surface area contributed by atoms with E-state index in [1.54, 1.807) is 0 Å². The zero-order chi connectivity index (χ0) is 19.4. The van der Waals surface area contributed by atoms with Gasteiger partial charge in [-0.15, -0.1) is 0 Å². The van der Waals surface area contributed by atoms with Gasteiger partial charge in [0.25, 0.3) is 0 Å². The Balaban J connectivity index is 0. The average molecular weight is 360 g/mol. The minimum Gasteiger partial charge on any atom is -0.394 e. The van der Waals surface area contributed by atoms with Crippen LogP contribution in [0, 0.1) is 0 Å². The standard InChI is InChI=1S/2C6H12O6/c2*7-1-3(9)5(11)6(12)4(10)2-8/h2*1,3-6,8-12H,2H2/t2*3-,4+,5+,6+/m10/s1. The normalized spacial score (nSPS) is 21.1. The topological polar surface area (TPSA) is 236 Å². The molecule has 0 fully saturated rings. The van der Waals surface area contributed by atoms with Crippen LogP contribution >= 0.6 is 0 Å². The lowest BCUT2D eigenvalue weighted by atomic mass is 10.0. The highest BCUT2D eigenvalue weighted by molar-refractivity contribution is 5.57. The van der Waals surface area contributed by atoms with E-state index in [-0.39, 0.29) is 12.6 Å². The SMILES string of the molecule is O=C[C@@H](O)[C@H](O)[C@@H](O)[C@@H](O)CO.O=C[C@H](O)[C@@H](O)[C@H](O)[C@H](O)CO. The third-order valence-electron chi connectivity index (χ3n) is 2.84. The molecule has 0 amide bonds. The van der Waals surface area contributed by atoms with Crippen molar-refractivity contribution in [1.29, 1.82) is 0 Å². The lowest BCUT2D eigenvalue weighted by Crippen LogP contribution is -2.46. The Bertz CT molecular complexity index is 308. The van der Waals surface area contributed by atoms with Crippen LogP contribution < -0.4 is 0 Å². The molecular formula is C12H24O12. The molecule has 0 saturated heterocycles. The molecule has 0 aliphatic heterocycles. The second-order valence-electron chi connectivity index (χ2n) is 4.72. The van der Waals surface area contributed by atoms with Gasteiger partial charge in [-0.2, -0.15) is 0 Å². The number of aliphatic hydroxyl groups is 10. The molecule has 0 radical (unpaired) electrons. The number of hydrogen-bond donors (Lipinski definition) is 10. The molecule has 0 aliphatic rings. The van der Waals surface area contributed by atoms with E-state index in [2.05, 4.69) is 0 Å². The summed E-state index contributed by atoms with van der Waals surface area (Å²) in [5, 5.41) is 87.1. The van der Waals surface area contributed by atoms with Crippen molar-refractivity contribution in [3.8, 4) is 0 Å². The smallest absolute Gasteiger partial charge is 0.151 e. The number of rotatable bonds is 10. The summed E-state index contributed by atoms with van der Waals surface area (Å²) in [5.41, 5.74) is 0. The Hall–Kier alpha value is -1.06. The lowest BCUT2D eigenvalue weighted by molar-refractivity contribution is -0.136. The summed E-state index contributed by atoms with van der Waals surface area (Å²) in [6.07, 6.45) is -13.7. The van der Waals surface area contributed by atoms with Crippen LogP contribution in [0.2, 0.25) is 0 Å². The largest absolute Gasteiger partial charge is 0.394 e. The Morgan fingerprint density at radius 3 is 0.958 bits per heavy atom. The quantitative estimate of drug-likeness (QED) is 0.164. The number of aldehydes is 2. The molecule has 0 aromatic rings. The van der Waals surface area contributed by atoms with Crippen molar-refractivity contribution in [3.05, 3.63) is 0 Å². The van der Waals surface area contributed by atoms with Crippen LogP contribution in [0.1, 0.15) is 0 Å². The molecule has 0 unspecified atom stereocenters. The van der Waals surface area contributed by atoms with Gasteiger partial charge in [-0.1, -0.05) is 0 Å². The highest BCUT2D eigenvalue weighted by Crippen LogP contribution is 2.03. The van der Waals surface area contributed by atoms with Gasteiger partial charge in [0.15, 0.2) is 12.6 Å². The van der Waals surface area contributed by atoms with Crippen molar-refractivity contribution >= 4 is 12.6 Å². The van der Waals surface area contributed by atoms with E-state index in [1.165, 1.54) is 0 Å². The first kappa shape index (κ1) is 25.2. The lowest BCUT2D eigenvalue weighted by Gasteiger charge is -2.22. The second-order valence-corrected chi connectivity index (χ2v) is 4.72. The Kier molecular flexibility index (Phi) is 13.9. The molecular weight excluding hydrogens is 336 g/mol. The summed E-state index contributed by atoms with van der Waals surface area (Å²) in [5.74, 6) is 0. The second kappa shape index (κ2) is 13.3. The van der Waals surface area contributed by atoms with E-state index < -0.39 is 62.0 Å². The monoisotopic (exact) mass is 360 g/mol. The van der Waals surface area contributed by atoms with Crippen LogP contribution in [0.15, 0.2) is 0 Å². The molecule has 144 valence electrons. The highest BCUT2D eigenvalue weighted by atomic mass is 16.4. The summed E-state index contributed by atoms with van der Waals surface area (Å²) < 4.78 is 0. The zero-order valence-electron chi connectivity index (χ0n) is 12.5. The van der Waals surface area contributed by atoms with Crippen LogP contribution in [0.25, 0.3) is 0 Å². The summed E-state index contributed by atoms with van der Waals surface area (Å²) in [6.45, 7) is -1.52. The van der Waals surface area contributed by atoms with Crippen LogP contribution in [0.4, 0.5) is 0 Å². The minimum absolute atomic E-state index is 0.0258. The first-order valence-corrected chi connectivity index (χ1v) is 6.65. The van der Waals surface area contributed by atoms with Gasteiger partial charge in [-0.3, -0.25) is 0 Å².